The first-order chi connectivity index (χ1) is 8.40. The van der Waals surface area contributed by atoms with Crippen molar-refractivity contribution < 1.29 is 34.2 Å². The predicted octanol–water partition coefficient (Wildman–Crippen LogP) is 0.494. The Bertz CT molecular complexity index is 474. The van der Waals surface area contributed by atoms with E-state index in [9.17, 15) is 13.0 Å². The van der Waals surface area contributed by atoms with Gasteiger partial charge in [-0.2, -0.15) is 0 Å². The van der Waals surface area contributed by atoms with E-state index in [1.165, 1.54) is 14.7 Å². The van der Waals surface area contributed by atoms with Crippen LogP contribution < -0.4 is 21.2 Å². The second-order valence-corrected chi connectivity index (χ2v) is 9.76. The van der Waals surface area contributed by atoms with Gasteiger partial charge in [0.1, 0.15) is 0 Å². The first kappa shape index (κ1) is 16.2. The second kappa shape index (κ2) is 6.52. The Hall–Kier alpha value is 0.120. The molecule has 0 saturated heterocycles. The molecule has 0 aliphatic carbocycles. The summed E-state index contributed by atoms with van der Waals surface area (Å²) in [6, 6.07) is 0. The van der Waals surface area contributed by atoms with Crippen LogP contribution in [0.15, 0.2) is 20.3 Å². The fourth-order valence-electron chi connectivity index (χ4n) is 2.49. The standard InChI is InChI=1S/C13H22IO3S/c1-5-9-10(6-2)12(8-4)14-13(11(9)7-3)18(15,16)17/h13H,5-8H2,1-4H3,(H,15,16,17)/q-1. The molecule has 0 fully saturated rings. The van der Waals surface area contributed by atoms with Crippen molar-refractivity contribution >= 4 is 10.1 Å². The van der Waals surface area contributed by atoms with Crippen molar-refractivity contribution in [3.05, 3.63) is 20.3 Å². The third-order valence-electron chi connectivity index (χ3n) is 3.24. The third kappa shape index (κ3) is 3.17. The van der Waals surface area contributed by atoms with Crippen molar-refractivity contribution in [1.82, 2.24) is 0 Å². The van der Waals surface area contributed by atoms with Gasteiger partial charge in [0.05, 0.1) is 0 Å². The van der Waals surface area contributed by atoms with E-state index in [1.54, 1.807) is 0 Å². The molecule has 0 aromatic heterocycles. The molecule has 0 bridgehead atoms. The molecule has 0 amide bonds. The summed E-state index contributed by atoms with van der Waals surface area (Å²) in [4.78, 5) is 0. The molecule has 1 unspecified atom stereocenters. The quantitative estimate of drug-likeness (QED) is 0.426. The predicted molar refractivity (Wildman–Crippen MR) is 70.6 cm³/mol. The van der Waals surface area contributed by atoms with E-state index < -0.39 is 34.6 Å². The Morgan fingerprint density at radius 1 is 1.00 bits per heavy atom. The van der Waals surface area contributed by atoms with Crippen molar-refractivity contribution in [3.63, 3.8) is 0 Å². The van der Waals surface area contributed by atoms with Crippen LogP contribution in [-0.2, 0) is 10.1 Å². The SMILES string of the molecule is CCC1=C(CC)C(CC)=C(CC)C(S(=O)(=O)O)[I-]1. The molecule has 0 saturated carbocycles. The maximum atomic E-state index is 11.6. The van der Waals surface area contributed by atoms with Crippen LogP contribution in [0, 0.1) is 0 Å². The van der Waals surface area contributed by atoms with Gasteiger partial charge in [0, 0.05) is 0 Å². The fourth-order valence-corrected chi connectivity index (χ4v) is 8.36. The van der Waals surface area contributed by atoms with E-state index in [2.05, 4.69) is 20.8 Å². The maximum absolute atomic E-state index is 11.6. The summed E-state index contributed by atoms with van der Waals surface area (Å²) in [5.41, 5.74) is 3.51. The molecule has 1 N–H and O–H groups in total. The van der Waals surface area contributed by atoms with Crippen molar-refractivity contribution in [2.24, 2.45) is 0 Å². The Morgan fingerprint density at radius 3 is 1.89 bits per heavy atom. The van der Waals surface area contributed by atoms with Gasteiger partial charge >= 0.3 is 121 Å². The molecule has 1 aliphatic heterocycles. The monoisotopic (exact) mass is 385 g/mol. The van der Waals surface area contributed by atoms with Gasteiger partial charge in [-0.3, -0.25) is 0 Å². The number of halogens is 1. The van der Waals surface area contributed by atoms with E-state index in [-0.39, 0.29) is 0 Å². The van der Waals surface area contributed by atoms with Crippen molar-refractivity contribution in [2.45, 2.75) is 56.6 Å². The van der Waals surface area contributed by atoms with Crippen LogP contribution in [0.1, 0.15) is 53.4 Å². The first-order valence-corrected chi connectivity index (χ1v) is 10.3. The Kier molecular flexibility index (Phi) is 5.86. The van der Waals surface area contributed by atoms with E-state index in [4.69, 9.17) is 0 Å². The molecule has 0 aromatic rings. The number of alkyl halides is 1. The summed E-state index contributed by atoms with van der Waals surface area (Å²) in [5, 5.41) is 0. The van der Waals surface area contributed by atoms with Crippen molar-refractivity contribution in [3.8, 4) is 0 Å². The van der Waals surface area contributed by atoms with E-state index >= 15 is 0 Å². The minimum atomic E-state index is -3.95. The minimum absolute atomic E-state index is 0.610. The van der Waals surface area contributed by atoms with E-state index in [0.29, 0.717) is 6.42 Å². The Balaban J connectivity index is 3.44. The van der Waals surface area contributed by atoms with Crippen LogP contribution in [0.3, 0.4) is 0 Å². The summed E-state index contributed by atoms with van der Waals surface area (Å²) >= 11 is -0.650. The first-order valence-electron chi connectivity index (χ1n) is 6.44. The average molecular weight is 385 g/mol. The number of hydrogen-bond donors (Lipinski definition) is 1. The summed E-state index contributed by atoms with van der Waals surface area (Å²) in [6.45, 7) is 8.26. The molecule has 5 heteroatoms. The van der Waals surface area contributed by atoms with E-state index in [1.807, 2.05) is 6.92 Å². The molecule has 1 atom stereocenters. The number of hydrogen-bond acceptors (Lipinski definition) is 2. The Labute approximate surface area is 121 Å². The fraction of sp³-hybridized carbons (Fsp3) is 0.692. The van der Waals surface area contributed by atoms with Gasteiger partial charge in [0.2, 0.25) is 0 Å². The van der Waals surface area contributed by atoms with Gasteiger partial charge in [0.25, 0.3) is 0 Å². The zero-order valence-electron chi connectivity index (χ0n) is 11.5. The van der Waals surface area contributed by atoms with Gasteiger partial charge in [0.15, 0.2) is 0 Å². The third-order valence-corrected chi connectivity index (χ3v) is 10.1. The van der Waals surface area contributed by atoms with Gasteiger partial charge in [-0.25, -0.2) is 0 Å². The molecule has 18 heavy (non-hydrogen) atoms. The van der Waals surface area contributed by atoms with Gasteiger partial charge in [-0.15, -0.1) is 0 Å². The van der Waals surface area contributed by atoms with Crippen LogP contribution in [0.25, 0.3) is 0 Å². The Morgan fingerprint density at radius 2 is 1.56 bits per heavy atom. The van der Waals surface area contributed by atoms with Crippen LogP contribution in [-0.4, -0.2) is 16.2 Å². The van der Waals surface area contributed by atoms with Gasteiger partial charge in [-0.1, -0.05) is 0 Å². The van der Waals surface area contributed by atoms with Crippen LogP contribution in [0.5, 0.6) is 0 Å². The topological polar surface area (TPSA) is 54.4 Å². The molecule has 0 aromatic carbocycles. The summed E-state index contributed by atoms with van der Waals surface area (Å²) in [6.07, 6.45) is 3.44. The zero-order chi connectivity index (χ0) is 13.9. The molecule has 1 rings (SSSR count). The molecule has 3 nitrogen and oxygen atoms in total. The van der Waals surface area contributed by atoms with Crippen LogP contribution >= 0.6 is 0 Å². The average Bonchev–Trinajstić information content (AvgIpc) is 2.34. The van der Waals surface area contributed by atoms with Crippen LogP contribution in [0.4, 0.5) is 0 Å². The molecule has 106 valence electrons. The van der Waals surface area contributed by atoms with Gasteiger partial charge in [-0.05, 0) is 0 Å². The van der Waals surface area contributed by atoms with Gasteiger partial charge < -0.3 is 0 Å². The normalized spacial score (nSPS) is 22.2. The number of allylic oxidation sites excluding steroid dienone is 3. The molecule has 1 heterocycles. The molecular formula is C13H22IO3S-. The summed E-state index contributed by atoms with van der Waals surface area (Å²) in [5.74, 6) is 0. The van der Waals surface area contributed by atoms with Crippen molar-refractivity contribution in [2.75, 3.05) is 0 Å². The molecule has 1 aliphatic rings. The molecular weight excluding hydrogens is 363 g/mol. The number of rotatable bonds is 5. The molecule has 0 spiro atoms. The molecule has 0 radical (unpaired) electrons. The summed E-state index contributed by atoms with van der Waals surface area (Å²) < 4.78 is 33.4. The van der Waals surface area contributed by atoms with E-state index in [0.717, 1.165) is 24.8 Å². The summed E-state index contributed by atoms with van der Waals surface area (Å²) in [7, 11) is -3.95. The second-order valence-electron chi connectivity index (χ2n) is 4.24. The zero-order valence-corrected chi connectivity index (χ0v) is 14.4. The van der Waals surface area contributed by atoms with Crippen LogP contribution in [0.2, 0.25) is 0 Å². The van der Waals surface area contributed by atoms with Crippen molar-refractivity contribution in [1.29, 1.82) is 0 Å².